The molecule has 0 aliphatic carbocycles. The van der Waals surface area contributed by atoms with E-state index in [0.717, 1.165) is 10.7 Å². The van der Waals surface area contributed by atoms with E-state index in [1.165, 1.54) is 16.0 Å². The molecule has 0 amide bonds. The standard InChI is InChI=1S/C13H16N2S/c1-8-4-6-11(7-5-8)13-15-10(3)12(16-13)9(2)14/h4-7,9H,14H2,1-3H3/t9-/m0/s1. The number of aromatic nitrogens is 1. The summed E-state index contributed by atoms with van der Waals surface area (Å²) < 4.78 is 0. The lowest BCUT2D eigenvalue weighted by Gasteiger charge is -2.00. The van der Waals surface area contributed by atoms with Crippen molar-refractivity contribution in [2.75, 3.05) is 0 Å². The van der Waals surface area contributed by atoms with Gasteiger partial charge in [-0.3, -0.25) is 0 Å². The Morgan fingerprint density at radius 1 is 1.19 bits per heavy atom. The highest BCUT2D eigenvalue weighted by Crippen LogP contribution is 2.30. The maximum atomic E-state index is 5.90. The molecule has 2 N–H and O–H groups in total. The minimum atomic E-state index is 0.0664. The van der Waals surface area contributed by atoms with Gasteiger partial charge in [0.25, 0.3) is 0 Å². The molecule has 84 valence electrons. The predicted octanol–water partition coefficient (Wildman–Crippen LogP) is 3.45. The lowest BCUT2D eigenvalue weighted by atomic mass is 10.2. The average molecular weight is 232 g/mol. The molecule has 0 saturated carbocycles. The molecule has 0 spiro atoms. The van der Waals surface area contributed by atoms with Gasteiger partial charge in [0, 0.05) is 16.5 Å². The van der Waals surface area contributed by atoms with Crippen molar-refractivity contribution in [3.63, 3.8) is 0 Å². The van der Waals surface area contributed by atoms with Crippen LogP contribution in [0.25, 0.3) is 10.6 Å². The monoisotopic (exact) mass is 232 g/mol. The van der Waals surface area contributed by atoms with Crippen molar-refractivity contribution in [1.29, 1.82) is 0 Å². The van der Waals surface area contributed by atoms with Crippen LogP contribution in [-0.2, 0) is 0 Å². The Balaban J connectivity index is 2.41. The van der Waals surface area contributed by atoms with Gasteiger partial charge in [0.05, 0.1) is 5.69 Å². The first-order valence-electron chi connectivity index (χ1n) is 5.38. The highest BCUT2D eigenvalue weighted by atomic mass is 32.1. The van der Waals surface area contributed by atoms with Gasteiger partial charge in [0.2, 0.25) is 0 Å². The highest BCUT2D eigenvalue weighted by Gasteiger charge is 2.11. The normalized spacial score (nSPS) is 12.8. The summed E-state index contributed by atoms with van der Waals surface area (Å²) >= 11 is 1.69. The number of aryl methyl sites for hydroxylation is 2. The van der Waals surface area contributed by atoms with E-state index >= 15 is 0 Å². The Kier molecular flexibility index (Phi) is 3.08. The number of hydrogen-bond donors (Lipinski definition) is 1. The second-order valence-corrected chi connectivity index (χ2v) is 5.15. The Morgan fingerprint density at radius 2 is 1.81 bits per heavy atom. The first-order chi connectivity index (χ1) is 7.58. The molecule has 16 heavy (non-hydrogen) atoms. The van der Waals surface area contributed by atoms with Gasteiger partial charge in [0.15, 0.2) is 0 Å². The van der Waals surface area contributed by atoms with Gasteiger partial charge in [-0.25, -0.2) is 4.98 Å². The molecule has 3 heteroatoms. The van der Waals surface area contributed by atoms with Crippen molar-refractivity contribution in [2.45, 2.75) is 26.8 Å². The van der Waals surface area contributed by atoms with E-state index < -0.39 is 0 Å². The fourth-order valence-electron chi connectivity index (χ4n) is 1.65. The van der Waals surface area contributed by atoms with Crippen molar-refractivity contribution < 1.29 is 0 Å². The Bertz CT molecular complexity index is 483. The molecule has 1 aromatic carbocycles. The molecule has 0 bridgehead atoms. The van der Waals surface area contributed by atoms with Crippen LogP contribution in [0.4, 0.5) is 0 Å². The number of nitrogens with zero attached hydrogens (tertiary/aromatic N) is 1. The topological polar surface area (TPSA) is 38.9 Å². The number of hydrogen-bond acceptors (Lipinski definition) is 3. The van der Waals surface area contributed by atoms with Gasteiger partial charge in [-0.15, -0.1) is 11.3 Å². The Hall–Kier alpha value is -1.19. The van der Waals surface area contributed by atoms with Crippen LogP contribution in [0, 0.1) is 13.8 Å². The molecule has 2 nitrogen and oxygen atoms in total. The molecular weight excluding hydrogens is 216 g/mol. The summed E-state index contributed by atoms with van der Waals surface area (Å²) in [7, 11) is 0. The van der Waals surface area contributed by atoms with Crippen LogP contribution in [-0.4, -0.2) is 4.98 Å². The van der Waals surface area contributed by atoms with Crippen LogP contribution < -0.4 is 5.73 Å². The Morgan fingerprint density at radius 3 is 2.31 bits per heavy atom. The fourth-order valence-corrected chi connectivity index (χ4v) is 2.67. The van der Waals surface area contributed by atoms with Gasteiger partial charge in [-0.1, -0.05) is 29.8 Å². The van der Waals surface area contributed by atoms with E-state index in [4.69, 9.17) is 5.73 Å². The minimum Gasteiger partial charge on any atom is -0.323 e. The summed E-state index contributed by atoms with van der Waals surface area (Å²) in [6.45, 7) is 6.11. The zero-order chi connectivity index (χ0) is 11.7. The number of rotatable bonds is 2. The summed E-state index contributed by atoms with van der Waals surface area (Å²) in [6, 6.07) is 8.50. The largest absolute Gasteiger partial charge is 0.323 e. The van der Waals surface area contributed by atoms with Gasteiger partial charge >= 0.3 is 0 Å². The number of benzene rings is 1. The maximum absolute atomic E-state index is 5.90. The molecular formula is C13H16N2S. The molecule has 1 heterocycles. The molecule has 1 atom stereocenters. The van der Waals surface area contributed by atoms with Crippen LogP contribution in [0.2, 0.25) is 0 Å². The SMILES string of the molecule is Cc1ccc(-c2nc(C)c([C@H](C)N)s2)cc1. The maximum Gasteiger partial charge on any atom is 0.123 e. The molecule has 2 aromatic rings. The molecule has 0 radical (unpaired) electrons. The lowest BCUT2D eigenvalue weighted by molar-refractivity contribution is 0.825. The van der Waals surface area contributed by atoms with Gasteiger partial charge in [0.1, 0.15) is 5.01 Å². The predicted molar refractivity (Wildman–Crippen MR) is 69.6 cm³/mol. The third-order valence-corrected chi connectivity index (χ3v) is 3.95. The summed E-state index contributed by atoms with van der Waals surface area (Å²) in [4.78, 5) is 5.75. The third-order valence-electron chi connectivity index (χ3n) is 2.54. The van der Waals surface area contributed by atoms with Crippen LogP contribution in [0.15, 0.2) is 24.3 Å². The van der Waals surface area contributed by atoms with Crippen LogP contribution in [0.1, 0.15) is 29.1 Å². The van der Waals surface area contributed by atoms with Crippen molar-refractivity contribution in [3.8, 4) is 10.6 Å². The summed E-state index contributed by atoms with van der Waals surface area (Å²) in [5, 5.41) is 1.06. The van der Waals surface area contributed by atoms with Crippen molar-refractivity contribution in [1.82, 2.24) is 4.98 Å². The van der Waals surface area contributed by atoms with E-state index in [-0.39, 0.29) is 6.04 Å². The smallest absolute Gasteiger partial charge is 0.123 e. The first kappa shape index (κ1) is 11.3. The van der Waals surface area contributed by atoms with Gasteiger partial charge < -0.3 is 5.73 Å². The number of nitrogens with two attached hydrogens (primary N) is 1. The van der Waals surface area contributed by atoms with Crippen molar-refractivity contribution >= 4 is 11.3 Å². The minimum absolute atomic E-state index is 0.0664. The average Bonchev–Trinajstić information content (AvgIpc) is 2.61. The summed E-state index contributed by atoms with van der Waals surface area (Å²) in [6.07, 6.45) is 0. The molecule has 2 rings (SSSR count). The second-order valence-electron chi connectivity index (χ2n) is 4.12. The highest BCUT2D eigenvalue weighted by molar-refractivity contribution is 7.15. The second kappa shape index (κ2) is 4.36. The van der Waals surface area contributed by atoms with Crippen molar-refractivity contribution in [2.24, 2.45) is 5.73 Å². The van der Waals surface area contributed by atoms with Gasteiger partial charge in [-0.05, 0) is 20.8 Å². The Labute approximate surface area is 100 Å². The first-order valence-corrected chi connectivity index (χ1v) is 6.19. The molecule has 0 fully saturated rings. The summed E-state index contributed by atoms with van der Waals surface area (Å²) in [5.74, 6) is 0. The molecule has 1 aromatic heterocycles. The van der Waals surface area contributed by atoms with Crippen LogP contribution >= 0.6 is 11.3 Å². The summed E-state index contributed by atoms with van der Waals surface area (Å²) in [5.41, 5.74) is 9.39. The molecule has 0 aliphatic rings. The zero-order valence-corrected chi connectivity index (χ0v) is 10.6. The zero-order valence-electron chi connectivity index (χ0n) is 9.82. The van der Waals surface area contributed by atoms with Crippen LogP contribution in [0.5, 0.6) is 0 Å². The van der Waals surface area contributed by atoms with E-state index in [0.29, 0.717) is 0 Å². The molecule has 0 saturated heterocycles. The molecule has 0 aliphatic heterocycles. The number of thiazole rings is 1. The molecule has 0 unspecified atom stereocenters. The third kappa shape index (κ3) is 2.15. The van der Waals surface area contributed by atoms with E-state index in [1.54, 1.807) is 11.3 Å². The van der Waals surface area contributed by atoms with E-state index in [9.17, 15) is 0 Å². The van der Waals surface area contributed by atoms with Crippen molar-refractivity contribution in [3.05, 3.63) is 40.4 Å². The van der Waals surface area contributed by atoms with Gasteiger partial charge in [-0.2, -0.15) is 0 Å². The van der Waals surface area contributed by atoms with E-state index in [1.807, 2.05) is 13.8 Å². The quantitative estimate of drug-likeness (QED) is 0.861. The lowest BCUT2D eigenvalue weighted by Crippen LogP contribution is -2.03. The fraction of sp³-hybridized carbons (Fsp3) is 0.308. The van der Waals surface area contributed by atoms with E-state index in [2.05, 4.69) is 36.2 Å². The van der Waals surface area contributed by atoms with Crippen LogP contribution in [0.3, 0.4) is 0 Å².